The number of sulfone groups is 1. The van der Waals surface area contributed by atoms with Gasteiger partial charge >= 0.3 is 0 Å². The van der Waals surface area contributed by atoms with E-state index in [2.05, 4.69) is 0 Å². The summed E-state index contributed by atoms with van der Waals surface area (Å²) in [6.45, 7) is 1.95. The molecule has 25 heavy (non-hydrogen) atoms. The van der Waals surface area contributed by atoms with Crippen molar-refractivity contribution in [3.05, 3.63) is 24.3 Å². The lowest BCUT2D eigenvalue weighted by Gasteiger charge is -2.26. The summed E-state index contributed by atoms with van der Waals surface area (Å²) in [5, 5.41) is -1.74. The Labute approximate surface area is 147 Å². The fourth-order valence-electron chi connectivity index (χ4n) is 3.44. The van der Waals surface area contributed by atoms with E-state index >= 15 is 0 Å². The van der Waals surface area contributed by atoms with Crippen LogP contribution in [0.15, 0.2) is 29.2 Å². The minimum atomic E-state index is -4.21. The Balaban J connectivity index is 2.02. The first-order valence-electron chi connectivity index (χ1n) is 8.59. The summed E-state index contributed by atoms with van der Waals surface area (Å²) < 4.78 is 26.3. The largest absolute Gasteiger partial charge is 0.398 e. The number of hydrogen-bond donors (Lipinski definition) is 1. The summed E-state index contributed by atoms with van der Waals surface area (Å²) in [7, 11) is -4.21. The topological polar surface area (TPSA) is 101 Å². The lowest BCUT2D eigenvalue weighted by Crippen LogP contribution is -2.51. The van der Waals surface area contributed by atoms with Crippen LogP contribution in [0.3, 0.4) is 0 Å². The van der Waals surface area contributed by atoms with E-state index in [0.717, 1.165) is 25.7 Å². The average molecular weight is 365 g/mol. The molecule has 2 aliphatic rings. The maximum atomic E-state index is 13.2. The maximum absolute atomic E-state index is 13.2. The predicted octanol–water partition coefficient (Wildman–Crippen LogP) is 0.656. The Morgan fingerprint density at radius 2 is 1.32 bits per heavy atom. The van der Waals surface area contributed by atoms with Crippen LogP contribution in [-0.4, -0.2) is 61.5 Å². The van der Waals surface area contributed by atoms with Gasteiger partial charge in [-0.3, -0.25) is 9.59 Å². The van der Waals surface area contributed by atoms with Crippen molar-refractivity contribution in [2.24, 2.45) is 0 Å². The highest BCUT2D eigenvalue weighted by molar-refractivity contribution is 7.93. The van der Waals surface area contributed by atoms with Crippen molar-refractivity contribution in [3.63, 3.8) is 0 Å². The molecule has 0 atom stereocenters. The second-order valence-electron chi connectivity index (χ2n) is 6.53. The summed E-state index contributed by atoms with van der Waals surface area (Å²) in [4.78, 5) is 28.7. The molecule has 0 aliphatic carbocycles. The van der Waals surface area contributed by atoms with Crippen LogP contribution in [0.1, 0.15) is 25.7 Å². The van der Waals surface area contributed by atoms with Gasteiger partial charge in [0.15, 0.2) is 0 Å². The number of para-hydroxylation sites is 1. The van der Waals surface area contributed by atoms with Gasteiger partial charge in [0.1, 0.15) is 0 Å². The van der Waals surface area contributed by atoms with Gasteiger partial charge in [0.05, 0.1) is 10.6 Å². The van der Waals surface area contributed by atoms with Crippen LogP contribution in [0, 0.1) is 0 Å². The molecule has 8 heteroatoms. The maximum Gasteiger partial charge on any atom is 0.251 e. The van der Waals surface area contributed by atoms with Gasteiger partial charge in [-0.05, 0) is 37.8 Å². The second kappa shape index (κ2) is 7.03. The van der Waals surface area contributed by atoms with E-state index in [9.17, 15) is 18.0 Å². The molecule has 0 radical (unpaired) electrons. The van der Waals surface area contributed by atoms with E-state index in [4.69, 9.17) is 5.73 Å². The molecule has 7 nitrogen and oxygen atoms in total. The van der Waals surface area contributed by atoms with Gasteiger partial charge in [-0.1, -0.05) is 12.1 Å². The molecular weight excluding hydrogens is 342 g/mol. The number of nitrogens with zero attached hydrogens (tertiary/aromatic N) is 2. The van der Waals surface area contributed by atoms with Crippen LogP contribution >= 0.6 is 0 Å². The first-order chi connectivity index (χ1) is 11.9. The molecule has 0 bridgehead atoms. The Hall–Kier alpha value is -2.09. The third-order valence-corrected chi connectivity index (χ3v) is 6.83. The van der Waals surface area contributed by atoms with E-state index in [0.29, 0.717) is 26.2 Å². The first-order valence-corrected chi connectivity index (χ1v) is 10.1. The number of nitrogen functional groups attached to an aromatic ring is 1. The van der Waals surface area contributed by atoms with Crippen molar-refractivity contribution in [2.75, 3.05) is 31.9 Å². The van der Waals surface area contributed by atoms with Crippen molar-refractivity contribution in [2.45, 2.75) is 35.8 Å². The number of anilines is 1. The normalized spacial score (nSPS) is 18.1. The van der Waals surface area contributed by atoms with Crippen LogP contribution < -0.4 is 5.73 Å². The zero-order valence-electron chi connectivity index (χ0n) is 14.1. The van der Waals surface area contributed by atoms with Crippen LogP contribution in [0.4, 0.5) is 5.69 Å². The fourth-order valence-corrected chi connectivity index (χ4v) is 5.19. The number of nitrogens with two attached hydrogens (primary N) is 1. The first kappa shape index (κ1) is 17.7. The molecule has 1 aromatic carbocycles. The molecule has 2 amide bonds. The van der Waals surface area contributed by atoms with E-state index in [-0.39, 0.29) is 10.6 Å². The zero-order valence-corrected chi connectivity index (χ0v) is 14.9. The highest BCUT2D eigenvalue weighted by Gasteiger charge is 2.46. The minimum absolute atomic E-state index is 0.0518. The average Bonchev–Trinajstić information content (AvgIpc) is 3.28. The number of hydrogen-bond acceptors (Lipinski definition) is 5. The summed E-state index contributed by atoms with van der Waals surface area (Å²) >= 11 is 0. The van der Waals surface area contributed by atoms with Gasteiger partial charge in [-0.15, -0.1) is 0 Å². The molecule has 3 rings (SSSR count). The van der Waals surface area contributed by atoms with E-state index in [1.54, 1.807) is 12.1 Å². The predicted molar refractivity (Wildman–Crippen MR) is 93.5 cm³/mol. The highest BCUT2D eigenvalue weighted by atomic mass is 32.2. The molecule has 136 valence electrons. The molecule has 0 saturated carbocycles. The molecular formula is C17H23N3O4S. The fraction of sp³-hybridized carbons (Fsp3) is 0.529. The monoisotopic (exact) mass is 365 g/mol. The van der Waals surface area contributed by atoms with Gasteiger partial charge in [0.25, 0.3) is 11.8 Å². The van der Waals surface area contributed by atoms with Gasteiger partial charge in [0.2, 0.25) is 15.1 Å². The standard InChI is InChI=1S/C17H23N3O4S/c18-13-7-1-2-8-14(13)25(23,24)15(16(21)19-9-3-4-10-19)17(22)20-11-5-6-12-20/h1-2,7-8,15H,3-6,9-12,18H2. The number of amides is 2. The smallest absolute Gasteiger partial charge is 0.251 e. The Bertz CT molecular complexity index is 738. The molecule has 2 heterocycles. The molecule has 2 N–H and O–H groups in total. The van der Waals surface area contributed by atoms with Crippen LogP contribution in [-0.2, 0) is 19.4 Å². The van der Waals surface area contributed by atoms with Crippen molar-refractivity contribution in [3.8, 4) is 0 Å². The molecule has 0 unspecified atom stereocenters. The van der Waals surface area contributed by atoms with Crippen LogP contribution in [0.25, 0.3) is 0 Å². The number of carbonyl (C=O) groups is 2. The van der Waals surface area contributed by atoms with E-state index in [1.807, 2.05) is 0 Å². The lowest BCUT2D eigenvalue weighted by atomic mass is 10.3. The number of likely N-dealkylation sites (tertiary alicyclic amines) is 2. The van der Waals surface area contributed by atoms with Crippen molar-refractivity contribution >= 4 is 27.3 Å². The summed E-state index contributed by atoms with van der Waals surface area (Å²) in [5.74, 6) is -1.25. The van der Waals surface area contributed by atoms with Gasteiger partial charge < -0.3 is 15.5 Å². The van der Waals surface area contributed by atoms with Gasteiger partial charge in [-0.2, -0.15) is 0 Å². The quantitative estimate of drug-likeness (QED) is 0.624. The number of benzene rings is 1. The number of rotatable bonds is 4. The molecule has 2 saturated heterocycles. The highest BCUT2D eigenvalue weighted by Crippen LogP contribution is 2.26. The molecule has 2 fully saturated rings. The Morgan fingerprint density at radius 1 is 0.880 bits per heavy atom. The summed E-state index contributed by atoms with van der Waals surface area (Å²) in [6, 6.07) is 5.98. The van der Waals surface area contributed by atoms with Crippen molar-refractivity contribution in [1.82, 2.24) is 9.80 Å². The molecule has 2 aliphatic heterocycles. The molecule has 0 aromatic heterocycles. The zero-order chi connectivity index (χ0) is 18.0. The Morgan fingerprint density at radius 3 is 1.76 bits per heavy atom. The van der Waals surface area contributed by atoms with Gasteiger partial charge in [-0.25, -0.2) is 8.42 Å². The minimum Gasteiger partial charge on any atom is -0.398 e. The van der Waals surface area contributed by atoms with Gasteiger partial charge in [0, 0.05) is 26.2 Å². The van der Waals surface area contributed by atoms with Crippen molar-refractivity contribution < 1.29 is 18.0 Å². The summed E-state index contributed by atoms with van der Waals surface area (Å²) in [5.41, 5.74) is 5.87. The molecule has 1 aromatic rings. The Kier molecular flexibility index (Phi) is 4.99. The van der Waals surface area contributed by atoms with Crippen LogP contribution in [0.5, 0.6) is 0 Å². The lowest BCUT2D eigenvalue weighted by molar-refractivity contribution is -0.138. The third kappa shape index (κ3) is 3.35. The van der Waals surface area contributed by atoms with Crippen LogP contribution in [0.2, 0.25) is 0 Å². The third-order valence-electron chi connectivity index (χ3n) is 4.82. The second-order valence-corrected chi connectivity index (χ2v) is 8.53. The van der Waals surface area contributed by atoms with Crippen molar-refractivity contribution in [1.29, 1.82) is 0 Å². The SMILES string of the molecule is Nc1ccccc1S(=O)(=O)C(C(=O)N1CCCC1)C(=O)N1CCCC1. The number of carbonyl (C=O) groups excluding carboxylic acids is 2. The summed E-state index contributed by atoms with van der Waals surface area (Å²) in [6.07, 6.45) is 3.29. The van der Waals surface area contributed by atoms with E-state index in [1.165, 1.54) is 21.9 Å². The molecule has 0 spiro atoms. The van der Waals surface area contributed by atoms with E-state index < -0.39 is 26.9 Å².